The van der Waals surface area contributed by atoms with Crippen molar-refractivity contribution < 1.29 is 13.2 Å². The molecule has 0 aliphatic carbocycles. The van der Waals surface area contributed by atoms with Crippen LogP contribution in [-0.4, -0.2) is 27.1 Å². The minimum Gasteiger partial charge on any atom is -0.308 e. The number of hydrogen-bond acceptors (Lipinski definition) is 3. The Morgan fingerprint density at radius 1 is 1.17 bits per heavy atom. The summed E-state index contributed by atoms with van der Waals surface area (Å²) in [5.74, 6) is -0.297. The standard InChI is InChI=1S/C17H16ClNO3S/c1-23(21,22)16-7-3-2-6-14(16)17(20)19-10-4-5-12-11-13(18)8-9-15(12)19/h2-3,6-9,11H,4-5,10H2,1H3. The van der Waals surface area contributed by atoms with E-state index in [2.05, 4.69) is 0 Å². The van der Waals surface area contributed by atoms with Gasteiger partial charge in [-0.25, -0.2) is 8.42 Å². The van der Waals surface area contributed by atoms with Crippen molar-refractivity contribution in [2.45, 2.75) is 17.7 Å². The van der Waals surface area contributed by atoms with Crippen LogP contribution in [0.5, 0.6) is 0 Å². The van der Waals surface area contributed by atoms with Crippen LogP contribution in [0, 0.1) is 0 Å². The molecule has 2 aromatic carbocycles. The molecule has 3 rings (SSSR count). The summed E-state index contributed by atoms with van der Waals surface area (Å²) in [7, 11) is -3.47. The van der Waals surface area contributed by atoms with E-state index >= 15 is 0 Å². The van der Waals surface area contributed by atoms with Gasteiger partial charge in [-0.05, 0) is 48.7 Å². The lowest BCUT2D eigenvalue weighted by Gasteiger charge is -2.30. The highest BCUT2D eigenvalue weighted by atomic mass is 35.5. The van der Waals surface area contributed by atoms with Gasteiger partial charge in [0.15, 0.2) is 9.84 Å². The SMILES string of the molecule is CS(=O)(=O)c1ccccc1C(=O)N1CCCc2cc(Cl)ccc21. The summed E-state index contributed by atoms with van der Waals surface area (Å²) in [5.41, 5.74) is 2.01. The molecular formula is C17H16ClNO3S. The Kier molecular flexibility index (Phi) is 4.17. The molecule has 0 saturated heterocycles. The van der Waals surface area contributed by atoms with Crippen molar-refractivity contribution in [1.29, 1.82) is 0 Å². The van der Waals surface area contributed by atoms with E-state index in [1.807, 2.05) is 12.1 Å². The summed E-state index contributed by atoms with van der Waals surface area (Å²) >= 11 is 6.02. The molecule has 23 heavy (non-hydrogen) atoms. The maximum absolute atomic E-state index is 12.9. The minimum atomic E-state index is -3.47. The van der Waals surface area contributed by atoms with Gasteiger partial charge in [0.1, 0.15) is 0 Å². The molecule has 2 aromatic rings. The van der Waals surface area contributed by atoms with Crippen LogP contribution in [0.3, 0.4) is 0 Å². The Labute approximate surface area is 140 Å². The van der Waals surface area contributed by atoms with Crippen LogP contribution in [-0.2, 0) is 16.3 Å². The Balaban J connectivity index is 2.07. The average molecular weight is 350 g/mol. The van der Waals surface area contributed by atoms with E-state index < -0.39 is 9.84 Å². The Hall–Kier alpha value is -1.85. The van der Waals surface area contributed by atoms with Crippen LogP contribution in [0.25, 0.3) is 0 Å². The highest BCUT2D eigenvalue weighted by Gasteiger charge is 2.27. The van der Waals surface area contributed by atoms with Gasteiger partial charge in [0.2, 0.25) is 0 Å². The second kappa shape index (κ2) is 5.98. The van der Waals surface area contributed by atoms with Gasteiger partial charge in [0.05, 0.1) is 10.5 Å². The van der Waals surface area contributed by atoms with E-state index in [4.69, 9.17) is 11.6 Å². The molecule has 0 spiro atoms. The Morgan fingerprint density at radius 3 is 2.65 bits per heavy atom. The maximum Gasteiger partial charge on any atom is 0.259 e. The number of amides is 1. The molecule has 1 aliphatic rings. The number of benzene rings is 2. The number of carbonyl (C=O) groups excluding carboxylic acids is 1. The topological polar surface area (TPSA) is 54.5 Å². The van der Waals surface area contributed by atoms with E-state index in [0.717, 1.165) is 30.3 Å². The molecule has 4 nitrogen and oxygen atoms in total. The normalized spacial score (nSPS) is 14.4. The summed E-state index contributed by atoms with van der Waals surface area (Å²) in [6.07, 6.45) is 2.79. The predicted molar refractivity (Wildman–Crippen MR) is 91.0 cm³/mol. The van der Waals surface area contributed by atoms with Crippen LogP contribution < -0.4 is 4.90 Å². The summed E-state index contributed by atoms with van der Waals surface area (Å²) in [6.45, 7) is 0.561. The number of rotatable bonds is 2. The zero-order valence-corrected chi connectivity index (χ0v) is 14.2. The summed E-state index contributed by atoms with van der Waals surface area (Å²) in [5, 5.41) is 0.634. The predicted octanol–water partition coefficient (Wildman–Crippen LogP) is 3.34. The molecule has 6 heteroatoms. The van der Waals surface area contributed by atoms with Gasteiger partial charge >= 0.3 is 0 Å². The van der Waals surface area contributed by atoms with Crippen molar-refractivity contribution in [3.8, 4) is 0 Å². The molecule has 1 amide bonds. The maximum atomic E-state index is 12.9. The fraction of sp³-hybridized carbons (Fsp3) is 0.235. The zero-order chi connectivity index (χ0) is 16.6. The van der Waals surface area contributed by atoms with Gasteiger partial charge in [-0.15, -0.1) is 0 Å². The molecule has 0 bridgehead atoms. The quantitative estimate of drug-likeness (QED) is 0.835. The fourth-order valence-corrected chi connectivity index (χ4v) is 3.96. The van der Waals surface area contributed by atoms with Gasteiger partial charge in [-0.2, -0.15) is 0 Å². The third-order valence-corrected chi connectivity index (χ3v) is 5.31. The highest BCUT2D eigenvalue weighted by molar-refractivity contribution is 7.90. The second-order valence-electron chi connectivity index (χ2n) is 5.60. The van der Waals surface area contributed by atoms with E-state index in [9.17, 15) is 13.2 Å². The molecule has 1 heterocycles. The first-order valence-corrected chi connectivity index (χ1v) is 9.54. The number of fused-ring (bicyclic) bond motifs is 1. The van der Waals surface area contributed by atoms with Gasteiger partial charge in [0, 0.05) is 23.5 Å². The molecule has 0 aromatic heterocycles. The number of halogens is 1. The van der Waals surface area contributed by atoms with E-state index in [-0.39, 0.29) is 16.4 Å². The lowest BCUT2D eigenvalue weighted by Crippen LogP contribution is -2.36. The summed E-state index contributed by atoms with van der Waals surface area (Å²) in [6, 6.07) is 11.7. The fourth-order valence-electron chi connectivity index (χ4n) is 2.89. The lowest BCUT2D eigenvalue weighted by molar-refractivity contribution is 0.0982. The largest absolute Gasteiger partial charge is 0.308 e. The van der Waals surface area contributed by atoms with Crippen molar-refractivity contribution in [2.24, 2.45) is 0 Å². The monoisotopic (exact) mass is 349 g/mol. The molecule has 0 radical (unpaired) electrons. The lowest BCUT2D eigenvalue weighted by atomic mass is 10.0. The number of nitrogens with zero attached hydrogens (tertiary/aromatic N) is 1. The summed E-state index contributed by atoms with van der Waals surface area (Å²) in [4.78, 5) is 14.6. The first-order chi connectivity index (χ1) is 10.9. The average Bonchev–Trinajstić information content (AvgIpc) is 2.52. The molecule has 0 saturated carbocycles. The first kappa shape index (κ1) is 16.0. The molecular weight excluding hydrogens is 334 g/mol. The molecule has 120 valence electrons. The van der Waals surface area contributed by atoms with Crippen molar-refractivity contribution in [2.75, 3.05) is 17.7 Å². The number of aryl methyl sites for hydroxylation is 1. The minimum absolute atomic E-state index is 0.0612. The smallest absolute Gasteiger partial charge is 0.259 e. The van der Waals surface area contributed by atoms with Crippen molar-refractivity contribution >= 4 is 33.0 Å². The van der Waals surface area contributed by atoms with Gasteiger partial charge in [-0.3, -0.25) is 4.79 Å². The van der Waals surface area contributed by atoms with E-state index in [0.29, 0.717) is 11.6 Å². The number of carbonyl (C=O) groups is 1. The second-order valence-corrected chi connectivity index (χ2v) is 8.02. The molecule has 0 N–H and O–H groups in total. The number of sulfone groups is 1. The van der Waals surface area contributed by atoms with Crippen LogP contribution in [0.2, 0.25) is 5.02 Å². The van der Waals surface area contributed by atoms with Gasteiger partial charge < -0.3 is 4.90 Å². The van der Waals surface area contributed by atoms with Gasteiger partial charge in [0.25, 0.3) is 5.91 Å². The van der Waals surface area contributed by atoms with Crippen LogP contribution in [0.1, 0.15) is 22.3 Å². The Bertz CT molecular complexity index is 877. The number of anilines is 1. The third-order valence-electron chi connectivity index (χ3n) is 3.92. The Morgan fingerprint density at radius 2 is 1.91 bits per heavy atom. The van der Waals surface area contributed by atoms with Gasteiger partial charge in [-0.1, -0.05) is 23.7 Å². The van der Waals surface area contributed by atoms with Crippen LogP contribution >= 0.6 is 11.6 Å². The molecule has 1 aliphatic heterocycles. The highest BCUT2D eigenvalue weighted by Crippen LogP contribution is 2.31. The van der Waals surface area contributed by atoms with Crippen molar-refractivity contribution in [3.05, 3.63) is 58.6 Å². The number of hydrogen-bond donors (Lipinski definition) is 0. The molecule has 0 atom stereocenters. The summed E-state index contributed by atoms with van der Waals surface area (Å²) < 4.78 is 23.9. The van der Waals surface area contributed by atoms with E-state index in [1.165, 1.54) is 6.07 Å². The van der Waals surface area contributed by atoms with E-state index in [1.54, 1.807) is 29.2 Å². The third kappa shape index (κ3) is 3.12. The zero-order valence-electron chi connectivity index (χ0n) is 12.6. The molecule has 0 fully saturated rings. The van der Waals surface area contributed by atoms with Crippen LogP contribution in [0.15, 0.2) is 47.4 Å². The van der Waals surface area contributed by atoms with Crippen LogP contribution in [0.4, 0.5) is 5.69 Å². The van der Waals surface area contributed by atoms with Crippen molar-refractivity contribution in [3.63, 3.8) is 0 Å². The first-order valence-electron chi connectivity index (χ1n) is 7.27. The molecule has 0 unspecified atom stereocenters. The van der Waals surface area contributed by atoms with Crippen molar-refractivity contribution in [1.82, 2.24) is 0 Å².